The standard InChI is InChI=1S/C10H19NO4Si/c1-14-16(3,15-2)8-4-7-11-9(12)5-6-10(11)13/h5-6,12-13H,4,7-8H2,1-3H3. The Balaban J connectivity index is 2.47. The third-order valence-corrected chi connectivity index (χ3v) is 5.80. The molecule has 0 radical (unpaired) electrons. The van der Waals surface area contributed by atoms with E-state index in [0.717, 1.165) is 12.5 Å². The number of nitrogens with zero attached hydrogens (tertiary/aromatic N) is 1. The van der Waals surface area contributed by atoms with Crippen LogP contribution in [-0.4, -0.2) is 37.6 Å². The van der Waals surface area contributed by atoms with Crippen LogP contribution in [0.2, 0.25) is 12.6 Å². The van der Waals surface area contributed by atoms with E-state index in [-0.39, 0.29) is 11.8 Å². The van der Waals surface area contributed by atoms with Gasteiger partial charge in [-0.25, -0.2) is 0 Å². The Kier molecular flexibility index (Phi) is 4.40. The van der Waals surface area contributed by atoms with Crippen molar-refractivity contribution in [3.8, 4) is 11.8 Å². The van der Waals surface area contributed by atoms with Crippen LogP contribution in [-0.2, 0) is 15.4 Å². The average molecular weight is 245 g/mol. The molecule has 0 saturated carbocycles. The van der Waals surface area contributed by atoms with E-state index in [2.05, 4.69) is 0 Å². The van der Waals surface area contributed by atoms with E-state index in [1.54, 1.807) is 14.2 Å². The van der Waals surface area contributed by atoms with Crippen LogP contribution in [0.25, 0.3) is 0 Å². The molecule has 1 heterocycles. The molecule has 1 aromatic rings. The molecule has 5 nitrogen and oxygen atoms in total. The number of rotatable bonds is 6. The largest absolute Gasteiger partial charge is 0.494 e. The molecule has 0 amide bonds. The highest BCUT2D eigenvalue weighted by Crippen LogP contribution is 2.23. The molecule has 0 unspecified atom stereocenters. The van der Waals surface area contributed by atoms with E-state index in [9.17, 15) is 10.2 Å². The van der Waals surface area contributed by atoms with E-state index in [4.69, 9.17) is 8.85 Å². The van der Waals surface area contributed by atoms with E-state index in [1.165, 1.54) is 16.7 Å². The summed E-state index contributed by atoms with van der Waals surface area (Å²) in [5.74, 6) is 0.159. The van der Waals surface area contributed by atoms with Crippen molar-refractivity contribution in [3.63, 3.8) is 0 Å². The first kappa shape index (κ1) is 13.1. The monoisotopic (exact) mass is 245 g/mol. The van der Waals surface area contributed by atoms with E-state index >= 15 is 0 Å². The topological polar surface area (TPSA) is 63.9 Å². The van der Waals surface area contributed by atoms with Crippen LogP contribution >= 0.6 is 0 Å². The molecule has 0 fully saturated rings. The molecule has 0 atom stereocenters. The second-order valence-electron chi connectivity index (χ2n) is 3.85. The van der Waals surface area contributed by atoms with Crippen LogP contribution in [0.15, 0.2) is 12.1 Å². The Morgan fingerprint density at radius 1 is 1.19 bits per heavy atom. The lowest BCUT2D eigenvalue weighted by molar-refractivity contribution is 0.247. The number of aromatic hydroxyl groups is 2. The fraction of sp³-hybridized carbons (Fsp3) is 0.600. The maximum atomic E-state index is 9.43. The smallest absolute Gasteiger partial charge is 0.334 e. The first-order valence-corrected chi connectivity index (χ1v) is 7.72. The molecule has 0 saturated heterocycles. The lowest BCUT2D eigenvalue weighted by Gasteiger charge is -2.22. The zero-order valence-electron chi connectivity index (χ0n) is 9.93. The van der Waals surface area contributed by atoms with Crippen molar-refractivity contribution in [1.29, 1.82) is 0 Å². The van der Waals surface area contributed by atoms with Crippen LogP contribution < -0.4 is 0 Å². The minimum Gasteiger partial charge on any atom is -0.494 e. The normalized spacial score (nSPS) is 11.9. The molecule has 0 aliphatic carbocycles. The van der Waals surface area contributed by atoms with Crippen LogP contribution in [0, 0.1) is 0 Å². The molecule has 92 valence electrons. The summed E-state index contributed by atoms with van der Waals surface area (Å²) in [6, 6.07) is 3.76. The molecule has 0 aliphatic heterocycles. The van der Waals surface area contributed by atoms with Gasteiger partial charge in [0.05, 0.1) is 0 Å². The van der Waals surface area contributed by atoms with Gasteiger partial charge in [-0.3, -0.25) is 4.57 Å². The van der Waals surface area contributed by atoms with Crippen LogP contribution in [0.4, 0.5) is 0 Å². The van der Waals surface area contributed by atoms with Crippen molar-refractivity contribution in [2.24, 2.45) is 0 Å². The Bertz CT molecular complexity index is 316. The first-order valence-electron chi connectivity index (χ1n) is 5.20. The van der Waals surface area contributed by atoms with Crippen molar-refractivity contribution in [3.05, 3.63) is 12.1 Å². The lowest BCUT2D eigenvalue weighted by Crippen LogP contribution is -2.36. The highest BCUT2D eigenvalue weighted by Gasteiger charge is 2.27. The molecule has 1 aromatic heterocycles. The molecule has 16 heavy (non-hydrogen) atoms. The number of hydrogen-bond donors (Lipinski definition) is 2. The van der Waals surface area contributed by atoms with Crippen LogP contribution in [0.5, 0.6) is 11.8 Å². The van der Waals surface area contributed by atoms with Crippen LogP contribution in [0.3, 0.4) is 0 Å². The van der Waals surface area contributed by atoms with Crippen LogP contribution in [0.1, 0.15) is 6.42 Å². The summed E-state index contributed by atoms with van der Waals surface area (Å²) in [5, 5.41) is 18.9. The molecular formula is C10H19NO4Si. The lowest BCUT2D eigenvalue weighted by atomic mass is 10.5. The molecule has 0 aliphatic rings. The van der Waals surface area contributed by atoms with Gasteiger partial charge in [0.2, 0.25) is 0 Å². The highest BCUT2D eigenvalue weighted by atomic mass is 28.4. The minimum absolute atomic E-state index is 0.0794. The predicted molar refractivity (Wildman–Crippen MR) is 62.8 cm³/mol. The summed E-state index contributed by atoms with van der Waals surface area (Å²) in [6.07, 6.45) is 0.792. The molecule has 6 heteroatoms. The summed E-state index contributed by atoms with van der Waals surface area (Å²) in [6.45, 7) is 2.54. The number of aromatic nitrogens is 1. The summed E-state index contributed by atoms with van der Waals surface area (Å²) in [4.78, 5) is 0. The third-order valence-electron chi connectivity index (χ3n) is 2.81. The minimum atomic E-state index is -2.04. The zero-order valence-corrected chi connectivity index (χ0v) is 10.9. The van der Waals surface area contributed by atoms with Gasteiger partial charge in [0.1, 0.15) is 0 Å². The molecule has 0 bridgehead atoms. The van der Waals surface area contributed by atoms with Crippen molar-refractivity contribution in [2.45, 2.75) is 25.6 Å². The van der Waals surface area contributed by atoms with Gasteiger partial charge in [0, 0.05) is 32.9 Å². The van der Waals surface area contributed by atoms with Gasteiger partial charge in [-0.2, -0.15) is 0 Å². The van der Waals surface area contributed by atoms with Crippen molar-refractivity contribution in [1.82, 2.24) is 4.57 Å². The molecule has 1 rings (SSSR count). The van der Waals surface area contributed by atoms with Gasteiger partial charge in [-0.15, -0.1) is 0 Å². The Labute approximate surface area is 96.5 Å². The van der Waals surface area contributed by atoms with Crippen molar-refractivity contribution < 1.29 is 19.1 Å². The van der Waals surface area contributed by atoms with Gasteiger partial charge < -0.3 is 19.1 Å². The third kappa shape index (κ3) is 3.00. The summed E-state index contributed by atoms with van der Waals surface area (Å²) in [7, 11) is 1.26. The van der Waals surface area contributed by atoms with Gasteiger partial charge >= 0.3 is 8.56 Å². The SMILES string of the molecule is CO[Si](C)(CCCn1c(O)ccc1O)OC. The molecule has 0 spiro atoms. The van der Waals surface area contributed by atoms with Gasteiger partial charge in [-0.05, 0) is 19.0 Å². The quantitative estimate of drug-likeness (QED) is 0.748. The Morgan fingerprint density at radius 2 is 1.69 bits per heavy atom. The first-order chi connectivity index (χ1) is 7.52. The zero-order chi connectivity index (χ0) is 12.2. The Morgan fingerprint density at radius 3 is 2.12 bits per heavy atom. The molecule has 2 N–H and O–H groups in total. The average Bonchev–Trinajstić information content (AvgIpc) is 2.60. The molecule has 0 aromatic carbocycles. The fourth-order valence-electron chi connectivity index (χ4n) is 1.52. The van der Waals surface area contributed by atoms with E-state index < -0.39 is 8.56 Å². The van der Waals surface area contributed by atoms with Crippen molar-refractivity contribution >= 4 is 8.56 Å². The second-order valence-corrected chi connectivity index (χ2v) is 7.43. The summed E-state index contributed by atoms with van der Waals surface area (Å²) in [5.41, 5.74) is 0. The van der Waals surface area contributed by atoms with Crippen molar-refractivity contribution in [2.75, 3.05) is 14.2 Å². The maximum absolute atomic E-state index is 9.43. The van der Waals surface area contributed by atoms with E-state index in [0.29, 0.717) is 6.54 Å². The van der Waals surface area contributed by atoms with Gasteiger partial charge in [0.15, 0.2) is 11.8 Å². The van der Waals surface area contributed by atoms with Gasteiger partial charge in [0.25, 0.3) is 0 Å². The number of hydrogen-bond acceptors (Lipinski definition) is 4. The molecular weight excluding hydrogens is 226 g/mol. The fourth-order valence-corrected chi connectivity index (χ4v) is 2.90. The maximum Gasteiger partial charge on any atom is 0.334 e. The predicted octanol–water partition coefficient (Wildman–Crippen LogP) is 1.65. The second kappa shape index (κ2) is 5.38. The summed E-state index contributed by atoms with van der Waals surface area (Å²) < 4.78 is 12.2. The highest BCUT2D eigenvalue weighted by molar-refractivity contribution is 6.65. The van der Waals surface area contributed by atoms with Gasteiger partial charge in [-0.1, -0.05) is 0 Å². The Hall–Kier alpha value is -0.983. The van der Waals surface area contributed by atoms with E-state index in [1.807, 2.05) is 6.55 Å². The summed E-state index contributed by atoms with van der Waals surface area (Å²) >= 11 is 0.